The number of azo groups is 1. The first kappa shape index (κ1) is 18.7. The standard InChI is InChI=1S/C18H15N5O5/c24-15(8-11-4-2-1-3-5-11)19-10-16(25)21-22-17-13-9-12(23(27)28)6-7-14(13)20-18(17)26/h1-7,9,20,26H,8,10H2,(H,19,24). The Morgan fingerprint density at radius 3 is 2.64 bits per heavy atom. The Bertz CT molecular complexity index is 1070. The molecule has 1 heterocycles. The average molecular weight is 381 g/mol. The second kappa shape index (κ2) is 8.08. The first-order valence-electron chi connectivity index (χ1n) is 8.18. The Balaban J connectivity index is 1.65. The van der Waals surface area contributed by atoms with Gasteiger partial charge in [0.25, 0.3) is 11.6 Å². The van der Waals surface area contributed by atoms with Gasteiger partial charge in [0.15, 0.2) is 5.69 Å². The van der Waals surface area contributed by atoms with Crippen LogP contribution in [0.1, 0.15) is 5.56 Å². The van der Waals surface area contributed by atoms with Crippen LogP contribution >= 0.6 is 0 Å². The van der Waals surface area contributed by atoms with Gasteiger partial charge in [-0.2, -0.15) is 0 Å². The highest BCUT2D eigenvalue weighted by Crippen LogP contribution is 2.37. The molecule has 0 bridgehead atoms. The summed E-state index contributed by atoms with van der Waals surface area (Å²) in [7, 11) is 0. The molecule has 1 aromatic heterocycles. The van der Waals surface area contributed by atoms with Crippen molar-refractivity contribution in [2.75, 3.05) is 6.54 Å². The van der Waals surface area contributed by atoms with E-state index in [9.17, 15) is 24.8 Å². The normalized spacial score (nSPS) is 11.0. The molecule has 0 spiro atoms. The third kappa shape index (κ3) is 4.36. The molecule has 2 aromatic carbocycles. The topological polar surface area (TPSA) is 150 Å². The van der Waals surface area contributed by atoms with Crippen molar-refractivity contribution in [2.45, 2.75) is 6.42 Å². The summed E-state index contributed by atoms with van der Waals surface area (Å²) in [4.78, 5) is 36.6. The van der Waals surface area contributed by atoms with Crippen LogP contribution in [0.25, 0.3) is 10.9 Å². The third-order valence-corrected chi connectivity index (χ3v) is 3.85. The van der Waals surface area contributed by atoms with Crippen LogP contribution in [-0.4, -0.2) is 33.4 Å². The number of amides is 2. The van der Waals surface area contributed by atoms with Gasteiger partial charge in [0, 0.05) is 17.5 Å². The van der Waals surface area contributed by atoms with E-state index in [4.69, 9.17) is 0 Å². The molecular formula is C18H15N5O5. The van der Waals surface area contributed by atoms with Gasteiger partial charge in [0.2, 0.25) is 11.8 Å². The number of carbonyl (C=O) groups excluding carboxylic acids is 2. The zero-order valence-corrected chi connectivity index (χ0v) is 14.5. The van der Waals surface area contributed by atoms with Crippen LogP contribution in [0.4, 0.5) is 11.4 Å². The van der Waals surface area contributed by atoms with E-state index in [2.05, 4.69) is 20.5 Å². The molecule has 10 nitrogen and oxygen atoms in total. The summed E-state index contributed by atoms with van der Waals surface area (Å²) in [6.07, 6.45) is 0.123. The minimum absolute atomic E-state index is 0.0948. The molecule has 0 aliphatic carbocycles. The second-order valence-electron chi connectivity index (χ2n) is 5.84. The van der Waals surface area contributed by atoms with Gasteiger partial charge in [-0.15, -0.1) is 10.2 Å². The number of aromatic hydroxyl groups is 1. The zero-order valence-electron chi connectivity index (χ0n) is 14.5. The van der Waals surface area contributed by atoms with Crippen molar-refractivity contribution in [2.24, 2.45) is 10.2 Å². The van der Waals surface area contributed by atoms with Gasteiger partial charge in [-0.1, -0.05) is 30.3 Å². The molecule has 2 amide bonds. The van der Waals surface area contributed by atoms with Crippen molar-refractivity contribution in [3.8, 4) is 5.88 Å². The maximum Gasteiger partial charge on any atom is 0.283 e. The lowest BCUT2D eigenvalue weighted by Gasteiger charge is -2.02. The predicted octanol–water partition coefficient (Wildman–Crippen LogP) is 2.75. The van der Waals surface area contributed by atoms with E-state index in [1.165, 1.54) is 18.2 Å². The van der Waals surface area contributed by atoms with Crippen molar-refractivity contribution in [3.63, 3.8) is 0 Å². The molecule has 0 radical (unpaired) electrons. The van der Waals surface area contributed by atoms with Gasteiger partial charge < -0.3 is 15.4 Å². The predicted molar refractivity (Wildman–Crippen MR) is 99.3 cm³/mol. The molecule has 0 fully saturated rings. The summed E-state index contributed by atoms with van der Waals surface area (Å²) >= 11 is 0. The van der Waals surface area contributed by atoms with Crippen LogP contribution in [0, 0.1) is 10.1 Å². The number of benzene rings is 2. The number of aromatic nitrogens is 1. The minimum atomic E-state index is -0.736. The zero-order chi connectivity index (χ0) is 20.1. The van der Waals surface area contributed by atoms with Gasteiger partial charge in [-0.25, -0.2) is 0 Å². The first-order chi connectivity index (χ1) is 13.4. The molecule has 3 rings (SSSR count). The Morgan fingerprint density at radius 2 is 1.93 bits per heavy atom. The number of non-ortho nitro benzene ring substituents is 1. The number of nitro benzene ring substituents is 1. The van der Waals surface area contributed by atoms with Crippen molar-refractivity contribution in [3.05, 3.63) is 64.2 Å². The number of carbonyl (C=O) groups is 2. The fourth-order valence-electron chi connectivity index (χ4n) is 2.53. The number of rotatable bonds is 6. The van der Waals surface area contributed by atoms with E-state index in [1.54, 1.807) is 24.3 Å². The number of nitro groups is 1. The molecule has 142 valence electrons. The first-order valence-corrected chi connectivity index (χ1v) is 8.18. The summed E-state index contributed by atoms with van der Waals surface area (Å²) in [6.45, 7) is -0.363. The van der Waals surface area contributed by atoms with Gasteiger partial charge in [0.1, 0.15) is 6.54 Å². The van der Waals surface area contributed by atoms with Crippen LogP contribution in [-0.2, 0) is 16.0 Å². The fourth-order valence-corrected chi connectivity index (χ4v) is 2.53. The largest absolute Gasteiger partial charge is 0.493 e. The summed E-state index contributed by atoms with van der Waals surface area (Å²) in [5.41, 5.74) is 0.921. The number of nitrogens with zero attached hydrogens (tertiary/aromatic N) is 3. The van der Waals surface area contributed by atoms with Crippen LogP contribution < -0.4 is 5.32 Å². The van der Waals surface area contributed by atoms with Gasteiger partial charge in [-0.3, -0.25) is 19.7 Å². The molecule has 28 heavy (non-hydrogen) atoms. The molecule has 3 aromatic rings. The molecule has 0 aliphatic heterocycles. The Labute approximate surface area is 158 Å². The van der Waals surface area contributed by atoms with Gasteiger partial charge in [-0.05, 0) is 11.6 Å². The van der Waals surface area contributed by atoms with E-state index in [1.807, 2.05) is 6.07 Å². The molecule has 0 aliphatic rings. The van der Waals surface area contributed by atoms with Crippen molar-refractivity contribution >= 4 is 34.1 Å². The lowest BCUT2D eigenvalue weighted by atomic mass is 10.1. The summed E-state index contributed by atoms with van der Waals surface area (Å²) in [6, 6.07) is 12.9. The van der Waals surface area contributed by atoms with E-state index in [0.717, 1.165) is 5.56 Å². The quantitative estimate of drug-likeness (QED) is 0.341. The molecule has 0 saturated carbocycles. The molecule has 3 N–H and O–H groups in total. The van der Waals surface area contributed by atoms with Crippen LogP contribution in [0.15, 0.2) is 58.8 Å². The number of H-pyrrole nitrogens is 1. The number of fused-ring (bicyclic) bond motifs is 1. The monoisotopic (exact) mass is 381 g/mol. The molecule has 10 heteroatoms. The van der Waals surface area contributed by atoms with E-state index >= 15 is 0 Å². The van der Waals surface area contributed by atoms with E-state index < -0.39 is 10.8 Å². The lowest BCUT2D eigenvalue weighted by Crippen LogP contribution is -2.29. The van der Waals surface area contributed by atoms with Crippen LogP contribution in [0.3, 0.4) is 0 Å². The second-order valence-corrected chi connectivity index (χ2v) is 5.84. The van der Waals surface area contributed by atoms with Crippen LogP contribution in [0.5, 0.6) is 5.88 Å². The highest BCUT2D eigenvalue weighted by molar-refractivity contribution is 5.96. The van der Waals surface area contributed by atoms with E-state index in [0.29, 0.717) is 5.52 Å². The summed E-state index contributed by atoms with van der Waals surface area (Å²) in [5.74, 6) is -1.46. The minimum Gasteiger partial charge on any atom is -0.493 e. The highest BCUT2D eigenvalue weighted by atomic mass is 16.6. The maximum absolute atomic E-state index is 11.8. The van der Waals surface area contributed by atoms with Crippen LogP contribution in [0.2, 0.25) is 0 Å². The molecular weight excluding hydrogens is 366 g/mol. The maximum atomic E-state index is 11.8. The smallest absolute Gasteiger partial charge is 0.283 e. The summed E-state index contributed by atoms with van der Waals surface area (Å²) in [5, 5.41) is 30.6. The number of hydrogen-bond acceptors (Lipinski definition) is 6. The number of aromatic amines is 1. The van der Waals surface area contributed by atoms with Crippen molar-refractivity contribution in [1.29, 1.82) is 0 Å². The Morgan fingerprint density at radius 1 is 1.18 bits per heavy atom. The van der Waals surface area contributed by atoms with E-state index in [-0.39, 0.29) is 41.5 Å². The van der Waals surface area contributed by atoms with Crippen molar-refractivity contribution in [1.82, 2.24) is 10.3 Å². The molecule has 0 unspecified atom stereocenters. The summed E-state index contributed by atoms with van der Waals surface area (Å²) < 4.78 is 0. The van der Waals surface area contributed by atoms with Gasteiger partial charge >= 0.3 is 0 Å². The van der Waals surface area contributed by atoms with Crippen molar-refractivity contribution < 1.29 is 19.6 Å². The lowest BCUT2D eigenvalue weighted by molar-refractivity contribution is -0.384. The molecule has 0 atom stereocenters. The number of nitrogens with one attached hydrogen (secondary N) is 2. The average Bonchev–Trinajstić information content (AvgIpc) is 2.99. The highest BCUT2D eigenvalue weighted by Gasteiger charge is 2.15. The third-order valence-electron chi connectivity index (χ3n) is 3.85. The number of hydrogen-bond donors (Lipinski definition) is 3. The Kier molecular flexibility index (Phi) is 5.40. The Hall–Kier alpha value is -4.08. The fraction of sp³-hybridized carbons (Fsp3) is 0.111. The van der Waals surface area contributed by atoms with Gasteiger partial charge in [0.05, 0.1) is 16.9 Å². The SMILES string of the molecule is O=C(CNC(=O)Cc1ccccc1)N=Nc1c(O)[nH]c2ccc([N+](=O)[O-])cc12. The molecule has 0 saturated heterocycles.